The predicted molar refractivity (Wildman–Crippen MR) is 130 cm³/mol. The Balaban J connectivity index is 1.43. The minimum atomic E-state index is -0.307. The van der Waals surface area contributed by atoms with Crippen LogP contribution in [0.3, 0.4) is 0 Å². The average Bonchev–Trinajstić information content (AvgIpc) is 2.89. The third-order valence-corrected chi connectivity index (χ3v) is 5.84. The Bertz CT molecular complexity index is 1140. The summed E-state index contributed by atoms with van der Waals surface area (Å²) in [4.78, 5) is 26.5. The molecule has 0 radical (unpaired) electrons. The zero-order chi connectivity index (χ0) is 23.9. The van der Waals surface area contributed by atoms with Gasteiger partial charge in [-0.15, -0.1) is 0 Å². The Morgan fingerprint density at radius 3 is 2.32 bits per heavy atom. The Morgan fingerprint density at radius 1 is 0.882 bits per heavy atom. The topological polar surface area (TPSA) is 77.1 Å². The molecular formula is C27H28N2O5. The molecule has 176 valence electrons. The number of amides is 2. The fourth-order valence-corrected chi connectivity index (χ4v) is 4.03. The monoisotopic (exact) mass is 460 g/mol. The first kappa shape index (κ1) is 23.2. The van der Waals surface area contributed by atoms with E-state index in [2.05, 4.69) is 5.32 Å². The summed E-state index contributed by atoms with van der Waals surface area (Å²) in [5, 5.41) is 2.99. The van der Waals surface area contributed by atoms with Crippen LogP contribution in [-0.4, -0.2) is 50.3 Å². The van der Waals surface area contributed by atoms with E-state index in [0.29, 0.717) is 30.1 Å². The predicted octanol–water partition coefficient (Wildman–Crippen LogP) is 5.22. The Hall–Kier alpha value is -4.00. The van der Waals surface area contributed by atoms with Gasteiger partial charge in [0.25, 0.3) is 5.91 Å². The normalized spacial score (nSPS) is 13.8. The van der Waals surface area contributed by atoms with Gasteiger partial charge in [-0.3, -0.25) is 4.79 Å². The number of hydrogen-bond donors (Lipinski definition) is 1. The number of ether oxygens (including phenoxy) is 3. The van der Waals surface area contributed by atoms with Gasteiger partial charge >= 0.3 is 6.09 Å². The number of nitrogens with one attached hydrogen (secondary N) is 1. The number of anilines is 1. The molecule has 1 aliphatic heterocycles. The van der Waals surface area contributed by atoms with Crippen molar-refractivity contribution in [3.05, 3.63) is 78.4 Å². The Morgan fingerprint density at radius 2 is 1.62 bits per heavy atom. The molecule has 0 aromatic heterocycles. The first-order chi connectivity index (χ1) is 16.6. The van der Waals surface area contributed by atoms with Crippen LogP contribution in [0.4, 0.5) is 10.5 Å². The summed E-state index contributed by atoms with van der Waals surface area (Å²) in [6.07, 6.45) is 1.14. The first-order valence-corrected chi connectivity index (χ1v) is 11.2. The van der Waals surface area contributed by atoms with Gasteiger partial charge in [-0.05, 0) is 41.5 Å². The number of methoxy groups -OCH3 is 2. The van der Waals surface area contributed by atoms with Crippen LogP contribution in [0.5, 0.6) is 11.5 Å². The van der Waals surface area contributed by atoms with Crippen molar-refractivity contribution in [3.63, 3.8) is 0 Å². The summed E-state index contributed by atoms with van der Waals surface area (Å²) >= 11 is 0. The van der Waals surface area contributed by atoms with Gasteiger partial charge < -0.3 is 24.4 Å². The van der Waals surface area contributed by atoms with Gasteiger partial charge in [0.2, 0.25) is 0 Å². The summed E-state index contributed by atoms with van der Waals surface area (Å²) in [7, 11) is 3.01. The lowest BCUT2D eigenvalue weighted by Gasteiger charge is -2.31. The lowest BCUT2D eigenvalue weighted by atomic mass is 9.99. The van der Waals surface area contributed by atoms with Crippen molar-refractivity contribution in [1.82, 2.24) is 4.90 Å². The molecule has 0 saturated carbocycles. The molecule has 1 N–H and O–H groups in total. The van der Waals surface area contributed by atoms with E-state index in [9.17, 15) is 9.59 Å². The van der Waals surface area contributed by atoms with Crippen molar-refractivity contribution in [2.24, 2.45) is 0 Å². The number of likely N-dealkylation sites (tertiary alicyclic amines) is 1. The van der Waals surface area contributed by atoms with Crippen LogP contribution in [-0.2, 0) is 4.74 Å². The van der Waals surface area contributed by atoms with Gasteiger partial charge in [0.1, 0.15) is 17.6 Å². The molecule has 1 saturated heterocycles. The molecule has 7 nitrogen and oxygen atoms in total. The fraction of sp³-hybridized carbons (Fsp3) is 0.259. The summed E-state index contributed by atoms with van der Waals surface area (Å²) in [5.41, 5.74) is 3.00. The molecule has 4 rings (SSSR count). The van der Waals surface area contributed by atoms with Crippen molar-refractivity contribution < 1.29 is 23.8 Å². The van der Waals surface area contributed by atoms with E-state index < -0.39 is 0 Å². The SMILES string of the molecule is COC(=O)N1CCC(Oc2cccc(NC(=O)c3ccccc3-c3ccc(OC)cc3)c2)CC1. The average molecular weight is 461 g/mol. The molecule has 3 aromatic carbocycles. The van der Waals surface area contributed by atoms with Crippen LogP contribution in [0, 0.1) is 0 Å². The molecule has 1 fully saturated rings. The van der Waals surface area contributed by atoms with Crippen LogP contribution >= 0.6 is 0 Å². The molecule has 0 spiro atoms. The quantitative estimate of drug-likeness (QED) is 0.546. The van der Waals surface area contributed by atoms with Crippen LogP contribution in [0.2, 0.25) is 0 Å². The zero-order valence-electron chi connectivity index (χ0n) is 19.3. The van der Waals surface area contributed by atoms with E-state index in [1.807, 2.05) is 72.8 Å². The number of piperidine rings is 1. The van der Waals surface area contributed by atoms with Crippen LogP contribution < -0.4 is 14.8 Å². The van der Waals surface area contributed by atoms with Gasteiger partial charge in [0, 0.05) is 43.2 Å². The summed E-state index contributed by atoms with van der Waals surface area (Å²) < 4.78 is 16.1. The van der Waals surface area contributed by atoms with E-state index in [1.54, 1.807) is 12.0 Å². The molecule has 0 bridgehead atoms. The van der Waals surface area contributed by atoms with Gasteiger partial charge in [-0.2, -0.15) is 0 Å². The maximum Gasteiger partial charge on any atom is 0.409 e. The summed E-state index contributed by atoms with van der Waals surface area (Å²) in [6.45, 7) is 1.19. The number of rotatable bonds is 6. The van der Waals surface area contributed by atoms with Crippen molar-refractivity contribution in [2.45, 2.75) is 18.9 Å². The smallest absolute Gasteiger partial charge is 0.409 e. The van der Waals surface area contributed by atoms with E-state index in [-0.39, 0.29) is 18.1 Å². The second-order valence-electron chi connectivity index (χ2n) is 8.03. The largest absolute Gasteiger partial charge is 0.497 e. The van der Waals surface area contributed by atoms with Crippen molar-refractivity contribution >= 4 is 17.7 Å². The maximum atomic E-state index is 13.1. The highest BCUT2D eigenvalue weighted by molar-refractivity contribution is 6.08. The summed E-state index contributed by atoms with van der Waals surface area (Å²) in [6, 6.07) is 22.5. The molecule has 1 heterocycles. The molecule has 2 amide bonds. The third kappa shape index (κ3) is 5.49. The lowest BCUT2D eigenvalue weighted by Crippen LogP contribution is -2.41. The van der Waals surface area contributed by atoms with Crippen molar-refractivity contribution in [2.75, 3.05) is 32.6 Å². The number of carbonyl (C=O) groups excluding carboxylic acids is 2. The molecular weight excluding hydrogens is 432 g/mol. The number of hydrogen-bond acceptors (Lipinski definition) is 5. The highest BCUT2D eigenvalue weighted by Crippen LogP contribution is 2.27. The van der Waals surface area contributed by atoms with E-state index in [0.717, 1.165) is 29.7 Å². The highest BCUT2D eigenvalue weighted by Gasteiger charge is 2.24. The molecule has 0 aliphatic carbocycles. The number of nitrogens with zero attached hydrogens (tertiary/aromatic N) is 1. The second-order valence-corrected chi connectivity index (χ2v) is 8.03. The van der Waals surface area contributed by atoms with Crippen LogP contribution in [0.15, 0.2) is 72.8 Å². The number of benzene rings is 3. The van der Waals surface area contributed by atoms with Crippen molar-refractivity contribution in [3.8, 4) is 22.6 Å². The highest BCUT2D eigenvalue weighted by atomic mass is 16.5. The lowest BCUT2D eigenvalue weighted by molar-refractivity contribution is 0.0791. The minimum absolute atomic E-state index is 0.00246. The van der Waals surface area contributed by atoms with E-state index >= 15 is 0 Å². The minimum Gasteiger partial charge on any atom is -0.497 e. The Labute approximate surface area is 199 Å². The summed E-state index contributed by atoms with van der Waals surface area (Å²) in [5.74, 6) is 1.24. The second kappa shape index (κ2) is 10.7. The molecule has 0 unspecified atom stereocenters. The van der Waals surface area contributed by atoms with E-state index in [1.165, 1.54) is 7.11 Å². The Kier molecular flexibility index (Phi) is 7.32. The van der Waals surface area contributed by atoms with Gasteiger partial charge in [-0.1, -0.05) is 36.4 Å². The van der Waals surface area contributed by atoms with E-state index in [4.69, 9.17) is 14.2 Å². The van der Waals surface area contributed by atoms with Gasteiger partial charge in [0.05, 0.1) is 14.2 Å². The maximum absolute atomic E-state index is 13.1. The molecule has 1 aliphatic rings. The zero-order valence-corrected chi connectivity index (χ0v) is 19.3. The fourth-order valence-electron chi connectivity index (χ4n) is 4.03. The van der Waals surface area contributed by atoms with Gasteiger partial charge in [0.15, 0.2) is 0 Å². The van der Waals surface area contributed by atoms with Crippen LogP contribution in [0.25, 0.3) is 11.1 Å². The van der Waals surface area contributed by atoms with Crippen LogP contribution in [0.1, 0.15) is 23.2 Å². The molecule has 34 heavy (non-hydrogen) atoms. The number of carbonyl (C=O) groups is 2. The van der Waals surface area contributed by atoms with Gasteiger partial charge in [-0.25, -0.2) is 4.79 Å². The van der Waals surface area contributed by atoms with Crippen molar-refractivity contribution in [1.29, 1.82) is 0 Å². The molecule has 3 aromatic rings. The third-order valence-electron chi connectivity index (χ3n) is 5.84. The standard InChI is InChI=1S/C27H28N2O5/c1-32-21-12-10-19(11-13-21)24-8-3-4-9-25(24)26(30)28-20-6-5-7-23(18-20)34-22-14-16-29(17-15-22)27(31)33-2/h3-13,18,22H,14-17H2,1-2H3,(H,28,30). The first-order valence-electron chi connectivity index (χ1n) is 11.2. The molecule has 0 atom stereocenters. The molecule has 7 heteroatoms.